The third-order valence-corrected chi connectivity index (χ3v) is 4.89. The first kappa shape index (κ1) is 19.2. The zero-order chi connectivity index (χ0) is 17.9. The molecule has 1 atom stereocenters. The van der Waals surface area contributed by atoms with Gasteiger partial charge in [0.2, 0.25) is 0 Å². The molecule has 0 spiro atoms. The predicted octanol–water partition coefficient (Wildman–Crippen LogP) is 3.76. The number of benzene rings is 2. The molecule has 2 rings (SSSR count). The summed E-state index contributed by atoms with van der Waals surface area (Å²) in [6.07, 6.45) is 0. The van der Waals surface area contributed by atoms with Crippen molar-refractivity contribution >= 4 is 17.7 Å². The third-order valence-electron chi connectivity index (χ3n) is 3.88. The van der Waals surface area contributed by atoms with Crippen molar-refractivity contribution in [1.29, 1.82) is 0 Å². The Balaban J connectivity index is 1.74. The van der Waals surface area contributed by atoms with Gasteiger partial charge in [-0.05, 0) is 23.8 Å². The first-order chi connectivity index (χ1) is 12.2. The Morgan fingerprint density at radius 3 is 2.52 bits per heavy atom. The number of hydrogen-bond donors (Lipinski definition) is 2. The molecule has 134 valence electrons. The van der Waals surface area contributed by atoms with Crippen LogP contribution in [0.2, 0.25) is 0 Å². The van der Waals surface area contributed by atoms with Crippen LogP contribution in [0.1, 0.15) is 18.4 Å². The number of guanidine groups is 1. The number of thioether (sulfide) groups is 1. The van der Waals surface area contributed by atoms with Crippen LogP contribution >= 0.6 is 11.8 Å². The lowest BCUT2D eigenvalue weighted by atomic mass is 10.0. The number of methoxy groups -OCH3 is 1. The van der Waals surface area contributed by atoms with E-state index >= 15 is 0 Å². The van der Waals surface area contributed by atoms with Crippen LogP contribution in [0.25, 0.3) is 0 Å². The van der Waals surface area contributed by atoms with Crippen molar-refractivity contribution in [3.05, 3.63) is 60.2 Å². The second-order valence-electron chi connectivity index (χ2n) is 5.68. The molecule has 0 aliphatic heterocycles. The Hall–Kier alpha value is -2.14. The molecule has 2 aromatic rings. The zero-order valence-corrected chi connectivity index (χ0v) is 16.0. The van der Waals surface area contributed by atoms with Crippen molar-refractivity contribution in [3.63, 3.8) is 0 Å². The van der Waals surface area contributed by atoms with Crippen molar-refractivity contribution in [3.8, 4) is 5.75 Å². The van der Waals surface area contributed by atoms with Crippen molar-refractivity contribution in [2.24, 2.45) is 4.99 Å². The molecule has 0 radical (unpaired) electrons. The van der Waals surface area contributed by atoms with Crippen LogP contribution in [0.3, 0.4) is 0 Å². The van der Waals surface area contributed by atoms with Crippen molar-refractivity contribution in [2.45, 2.75) is 17.7 Å². The monoisotopic (exact) mass is 357 g/mol. The molecular formula is C20H27N3OS. The second-order valence-corrected chi connectivity index (χ2v) is 6.85. The van der Waals surface area contributed by atoms with Gasteiger partial charge in [0.05, 0.1) is 7.11 Å². The number of hydrogen-bond acceptors (Lipinski definition) is 3. The molecule has 2 N–H and O–H groups in total. The average Bonchev–Trinajstić information content (AvgIpc) is 2.68. The van der Waals surface area contributed by atoms with E-state index in [-0.39, 0.29) is 0 Å². The molecule has 0 bridgehead atoms. The predicted molar refractivity (Wildman–Crippen MR) is 108 cm³/mol. The van der Waals surface area contributed by atoms with Gasteiger partial charge in [-0.3, -0.25) is 4.99 Å². The van der Waals surface area contributed by atoms with E-state index < -0.39 is 0 Å². The Morgan fingerprint density at radius 1 is 1.08 bits per heavy atom. The van der Waals surface area contributed by atoms with Crippen LogP contribution in [0.15, 0.2) is 64.5 Å². The summed E-state index contributed by atoms with van der Waals surface area (Å²) in [4.78, 5) is 5.58. The quantitative estimate of drug-likeness (QED) is 0.327. The van der Waals surface area contributed by atoms with Gasteiger partial charge in [0.15, 0.2) is 5.96 Å². The molecule has 0 saturated heterocycles. The van der Waals surface area contributed by atoms with Gasteiger partial charge in [-0.2, -0.15) is 0 Å². The highest BCUT2D eigenvalue weighted by Gasteiger charge is 2.11. The van der Waals surface area contributed by atoms with Gasteiger partial charge in [0, 0.05) is 36.7 Å². The topological polar surface area (TPSA) is 45.7 Å². The molecule has 0 fully saturated rings. The third kappa shape index (κ3) is 6.35. The van der Waals surface area contributed by atoms with Crippen molar-refractivity contribution in [2.75, 3.05) is 33.0 Å². The normalized spacial score (nSPS) is 12.5. The molecule has 2 aromatic carbocycles. The summed E-state index contributed by atoms with van der Waals surface area (Å²) in [6, 6.07) is 18.6. The molecule has 0 aliphatic rings. The second kappa shape index (κ2) is 10.7. The van der Waals surface area contributed by atoms with E-state index in [1.54, 1.807) is 14.2 Å². The molecule has 4 nitrogen and oxygen atoms in total. The van der Waals surface area contributed by atoms with Crippen LogP contribution in [-0.4, -0.2) is 39.0 Å². The van der Waals surface area contributed by atoms with Gasteiger partial charge in [0.25, 0.3) is 0 Å². The van der Waals surface area contributed by atoms with E-state index in [0.717, 1.165) is 30.6 Å². The molecule has 0 aliphatic carbocycles. The van der Waals surface area contributed by atoms with Gasteiger partial charge < -0.3 is 15.4 Å². The van der Waals surface area contributed by atoms with E-state index in [4.69, 9.17) is 4.74 Å². The van der Waals surface area contributed by atoms with Crippen LogP contribution < -0.4 is 15.4 Å². The Kier molecular flexibility index (Phi) is 8.19. The largest absolute Gasteiger partial charge is 0.496 e. The molecule has 25 heavy (non-hydrogen) atoms. The molecule has 0 amide bonds. The lowest BCUT2D eigenvalue weighted by molar-refractivity contribution is 0.406. The minimum Gasteiger partial charge on any atom is -0.496 e. The fourth-order valence-corrected chi connectivity index (χ4v) is 3.30. The Bertz CT molecular complexity index is 661. The SMILES string of the molecule is CN=C(NCCSc1ccccc1)NCC(C)c1ccccc1OC. The maximum Gasteiger partial charge on any atom is 0.191 e. The molecule has 5 heteroatoms. The number of rotatable bonds is 8. The highest BCUT2D eigenvalue weighted by Crippen LogP contribution is 2.25. The maximum atomic E-state index is 5.44. The zero-order valence-electron chi connectivity index (χ0n) is 15.2. The van der Waals surface area contributed by atoms with Crippen LogP contribution in [0.4, 0.5) is 0 Å². The average molecular weight is 358 g/mol. The minimum absolute atomic E-state index is 0.327. The van der Waals surface area contributed by atoms with Gasteiger partial charge in [-0.15, -0.1) is 11.8 Å². The Labute approximate surface area is 155 Å². The van der Waals surface area contributed by atoms with E-state index in [1.165, 1.54) is 10.5 Å². The maximum absolute atomic E-state index is 5.44. The van der Waals surface area contributed by atoms with Crippen LogP contribution in [-0.2, 0) is 0 Å². The molecular weight excluding hydrogens is 330 g/mol. The summed E-state index contributed by atoms with van der Waals surface area (Å²) >= 11 is 1.84. The number of para-hydroxylation sites is 1. The fraction of sp³-hybridized carbons (Fsp3) is 0.350. The fourth-order valence-electron chi connectivity index (χ4n) is 2.51. The van der Waals surface area contributed by atoms with Gasteiger partial charge in [-0.1, -0.05) is 43.3 Å². The summed E-state index contributed by atoms with van der Waals surface area (Å²) < 4.78 is 5.44. The lowest BCUT2D eigenvalue weighted by Crippen LogP contribution is -2.40. The summed E-state index contributed by atoms with van der Waals surface area (Å²) in [7, 11) is 3.51. The van der Waals surface area contributed by atoms with Crippen LogP contribution in [0, 0.1) is 0 Å². The van der Waals surface area contributed by atoms with Gasteiger partial charge >= 0.3 is 0 Å². The number of nitrogens with zero attached hydrogens (tertiary/aromatic N) is 1. The Morgan fingerprint density at radius 2 is 1.80 bits per heavy atom. The highest BCUT2D eigenvalue weighted by atomic mass is 32.2. The summed E-state index contributed by atoms with van der Waals surface area (Å²) in [5.41, 5.74) is 1.20. The summed E-state index contributed by atoms with van der Waals surface area (Å²) in [6.45, 7) is 3.84. The first-order valence-corrected chi connectivity index (χ1v) is 9.48. The smallest absolute Gasteiger partial charge is 0.191 e. The summed E-state index contributed by atoms with van der Waals surface area (Å²) in [5.74, 6) is 3.08. The molecule has 0 aromatic heterocycles. The van der Waals surface area contributed by atoms with Gasteiger partial charge in [0.1, 0.15) is 5.75 Å². The van der Waals surface area contributed by atoms with E-state index in [9.17, 15) is 0 Å². The summed E-state index contributed by atoms with van der Waals surface area (Å²) in [5, 5.41) is 6.75. The molecule has 0 heterocycles. The lowest BCUT2D eigenvalue weighted by Gasteiger charge is -2.18. The molecule has 0 saturated carbocycles. The molecule has 1 unspecified atom stereocenters. The number of nitrogens with one attached hydrogen (secondary N) is 2. The van der Waals surface area contributed by atoms with Crippen LogP contribution in [0.5, 0.6) is 5.75 Å². The van der Waals surface area contributed by atoms with Crippen molar-refractivity contribution < 1.29 is 4.74 Å². The first-order valence-electron chi connectivity index (χ1n) is 8.50. The van der Waals surface area contributed by atoms with Crippen molar-refractivity contribution in [1.82, 2.24) is 10.6 Å². The standard InChI is InChI=1S/C20H27N3OS/c1-16(18-11-7-8-12-19(18)24-3)15-23-20(21-2)22-13-14-25-17-9-5-4-6-10-17/h4-12,16H,13-15H2,1-3H3,(H2,21,22,23). The minimum atomic E-state index is 0.327. The van der Waals surface area contributed by atoms with E-state index in [2.05, 4.69) is 52.9 Å². The number of ether oxygens (including phenoxy) is 1. The highest BCUT2D eigenvalue weighted by molar-refractivity contribution is 7.99. The van der Waals surface area contributed by atoms with E-state index in [0.29, 0.717) is 5.92 Å². The van der Waals surface area contributed by atoms with E-state index in [1.807, 2.05) is 36.0 Å². The number of aliphatic imine (C=N–C) groups is 1. The van der Waals surface area contributed by atoms with Gasteiger partial charge in [-0.25, -0.2) is 0 Å².